The van der Waals surface area contributed by atoms with Gasteiger partial charge in [-0.05, 0) is 54.4 Å². The van der Waals surface area contributed by atoms with Crippen molar-refractivity contribution >= 4 is 33.6 Å². The van der Waals surface area contributed by atoms with Crippen LogP contribution in [0.3, 0.4) is 0 Å². The molecule has 2 amide bonds. The van der Waals surface area contributed by atoms with E-state index in [4.69, 9.17) is 11.5 Å². The van der Waals surface area contributed by atoms with Gasteiger partial charge in [0.2, 0.25) is 11.8 Å². The molecule has 4 heterocycles. The number of para-hydroxylation sites is 2. The number of benzene rings is 2. The number of hydrogen-bond acceptors (Lipinski definition) is 4. The van der Waals surface area contributed by atoms with Crippen LogP contribution in [0.1, 0.15) is 17.5 Å². The lowest BCUT2D eigenvalue weighted by atomic mass is 9.84. The van der Waals surface area contributed by atoms with Gasteiger partial charge >= 0.3 is 0 Å². The number of aromatic amines is 2. The number of carbonyl (C=O) groups is 2. The number of piperidine rings is 2. The van der Waals surface area contributed by atoms with E-state index < -0.39 is 12.1 Å². The highest BCUT2D eigenvalue weighted by molar-refractivity contribution is 5.87. The van der Waals surface area contributed by atoms with Crippen molar-refractivity contribution in [3.63, 3.8) is 0 Å². The van der Waals surface area contributed by atoms with Crippen molar-refractivity contribution < 1.29 is 9.59 Å². The minimum atomic E-state index is -0.583. The molecule has 2 aromatic carbocycles. The normalized spacial score (nSPS) is 21.4. The first kappa shape index (κ1) is 23.8. The maximum atomic E-state index is 13.3. The Morgan fingerprint density at radius 1 is 0.730 bits per heavy atom. The molecule has 2 saturated heterocycles. The Hall–Kier alpha value is -3.62. The summed E-state index contributed by atoms with van der Waals surface area (Å²) in [6, 6.07) is 15.0. The summed E-state index contributed by atoms with van der Waals surface area (Å²) in [6.45, 7) is 2.55. The van der Waals surface area contributed by atoms with Crippen LogP contribution in [0.4, 0.5) is 0 Å². The summed E-state index contributed by atoms with van der Waals surface area (Å²) in [5, 5.41) is 2.22. The van der Waals surface area contributed by atoms with Gasteiger partial charge < -0.3 is 31.2 Å². The van der Waals surface area contributed by atoms with E-state index in [-0.39, 0.29) is 23.7 Å². The number of hydrogen-bond donors (Lipinski definition) is 4. The molecule has 2 fully saturated rings. The molecule has 6 rings (SSSR count). The number of rotatable bonds is 6. The molecular formula is C29H34N6O2. The number of likely N-dealkylation sites (tertiary alicyclic amines) is 2. The fraction of sp³-hybridized carbons (Fsp3) is 0.379. The molecule has 2 aromatic heterocycles. The fourth-order valence-corrected chi connectivity index (χ4v) is 6.36. The van der Waals surface area contributed by atoms with E-state index in [1.54, 1.807) is 0 Å². The van der Waals surface area contributed by atoms with Crippen molar-refractivity contribution in [3.8, 4) is 0 Å². The molecule has 0 aliphatic carbocycles. The lowest BCUT2D eigenvalue weighted by Crippen LogP contribution is -2.59. The van der Waals surface area contributed by atoms with Gasteiger partial charge in [0.05, 0.1) is 12.1 Å². The number of aromatic nitrogens is 2. The summed E-state index contributed by atoms with van der Waals surface area (Å²) in [5.41, 5.74) is 17.1. The first-order valence-corrected chi connectivity index (χ1v) is 13.1. The number of amides is 2. The van der Waals surface area contributed by atoms with Gasteiger partial charge in [-0.3, -0.25) is 9.59 Å². The van der Waals surface area contributed by atoms with Gasteiger partial charge in [-0.1, -0.05) is 36.4 Å². The van der Waals surface area contributed by atoms with Crippen LogP contribution in [0, 0.1) is 11.8 Å². The van der Waals surface area contributed by atoms with Gasteiger partial charge in [0.15, 0.2) is 0 Å². The molecule has 0 radical (unpaired) electrons. The topological polar surface area (TPSA) is 124 Å². The number of nitrogens with zero attached hydrogens (tertiary/aromatic N) is 2. The van der Waals surface area contributed by atoms with Crippen molar-refractivity contribution in [2.75, 3.05) is 26.2 Å². The van der Waals surface area contributed by atoms with Crippen molar-refractivity contribution in [2.45, 2.75) is 31.3 Å². The van der Waals surface area contributed by atoms with Crippen molar-refractivity contribution in [1.29, 1.82) is 0 Å². The molecule has 0 saturated carbocycles. The molecule has 0 unspecified atom stereocenters. The third-order valence-corrected chi connectivity index (χ3v) is 8.07. The van der Waals surface area contributed by atoms with Crippen LogP contribution in [-0.4, -0.2) is 69.8 Å². The molecule has 6 N–H and O–H groups in total. The van der Waals surface area contributed by atoms with Crippen LogP contribution in [0.15, 0.2) is 60.9 Å². The highest BCUT2D eigenvalue weighted by Crippen LogP contribution is 2.30. The Labute approximate surface area is 216 Å². The predicted octanol–water partition coefficient (Wildman–Crippen LogP) is 2.40. The molecule has 2 atom stereocenters. The molecule has 0 spiro atoms. The van der Waals surface area contributed by atoms with Crippen molar-refractivity contribution in [2.24, 2.45) is 23.3 Å². The van der Waals surface area contributed by atoms with Crippen LogP contribution in [0.25, 0.3) is 21.8 Å². The zero-order chi connectivity index (χ0) is 25.5. The highest BCUT2D eigenvalue weighted by atomic mass is 16.2. The van der Waals surface area contributed by atoms with Gasteiger partial charge in [0.25, 0.3) is 0 Å². The van der Waals surface area contributed by atoms with Crippen LogP contribution < -0.4 is 11.5 Å². The van der Waals surface area contributed by atoms with Crippen LogP contribution >= 0.6 is 0 Å². The molecule has 37 heavy (non-hydrogen) atoms. The Kier molecular flexibility index (Phi) is 6.22. The second kappa shape index (κ2) is 9.68. The molecule has 8 heteroatoms. The zero-order valence-electron chi connectivity index (χ0n) is 20.9. The Morgan fingerprint density at radius 3 is 1.57 bits per heavy atom. The van der Waals surface area contributed by atoms with Crippen LogP contribution in [-0.2, 0) is 22.4 Å². The lowest BCUT2D eigenvalue weighted by molar-refractivity contribution is -0.142. The Bertz CT molecular complexity index is 1320. The molecule has 2 bridgehead atoms. The highest BCUT2D eigenvalue weighted by Gasteiger charge is 2.39. The summed E-state index contributed by atoms with van der Waals surface area (Å²) in [5.74, 6) is 0.494. The summed E-state index contributed by atoms with van der Waals surface area (Å²) < 4.78 is 0. The standard InChI is InChI=1S/C29H34N6O2/c30-24(10-20-12-32-26-7-3-1-5-22(20)26)28(36)34-14-18-9-19(15-34)17-35(16-18)29(37)25(31)11-21-13-33-27-8-4-2-6-23(21)27/h1-8,12-13,18-19,24-25,32-33H,9-11,14-17,30-31H2/t18?,19?,24-,25-/m0/s1. The van der Waals surface area contributed by atoms with E-state index in [0.29, 0.717) is 39.0 Å². The smallest absolute Gasteiger partial charge is 0.239 e. The van der Waals surface area contributed by atoms with Crippen molar-refractivity contribution in [1.82, 2.24) is 19.8 Å². The largest absolute Gasteiger partial charge is 0.361 e. The lowest BCUT2D eigenvalue weighted by Gasteiger charge is -2.46. The zero-order valence-corrected chi connectivity index (χ0v) is 20.9. The van der Waals surface area contributed by atoms with E-state index in [0.717, 1.165) is 39.4 Å². The number of fused-ring (bicyclic) bond motifs is 4. The van der Waals surface area contributed by atoms with E-state index >= 15 is 0 Å². The quantitative estimate of drug-likeness (QED) is 0.326. The predicted molar refractivity (Wildman–Crippen MR) is 145 cm³/mol. The minimum Gasteiger partial charge on any atom is -0.361 e. The summed E-state index contributed by atoms with van der Waals surface area (Å²) in [6.07, 6.45) is 5.93. The molecule has 192 valence electrons. The van der Waals surface area contributed by atoms with E-state index in [1.165, 1.54) is 0 Å². The summed E-state index contributed by atoms with van der Waals surface area (Å²) in [4.78, 5) is 36.9. The summed E-state index contributed by atoms with van der Waals surface area (Å²) >= 11 is 0. The van der Waals surface area contributed by atoms with Crippen LogP contribution in [0.5, 0.6) is 0 Å². The average Bonchev–Trinajstić information content (AvgIpc) is 3.51. The van der Waals surface area contributed by atoms with Crippen molar-refractivity contribution in [3.05, 3.63) is 72.1 Å². The van der Waals surface area contributed by atoms with Crippen LogP contribution in [0.2, 0.25) is 0 Å². The number of nitrogens with two attached hydrogens (primary N) is 2. The van der Waals surface area contributed by atoms with E-state index in [9.17, 15) is 9.59 Å². The minimum absolute atomic E-state index is 0.00389. The second-order valence-electron chi connectivity index (χ2n) is 10.8. The maximum Gasteiger partial charge on any atom is 0.239 e. The average molecular weight is 499 g/mol. The first-order valence-electron chi connectivity index (χ1n) is 13.1. The fourth-order valence-electron chi connectivity index (χ4n) is 6.36. The molecular weight excluding hydrogens is 464 g/mol. The van der Waals surface area contributed by atoms with Gasteiger partial charge in [0.1, 0.15) is 0 Å². The Morgan fingerprint density at radius 2 is 1.14 bits per heavy atom. The third kappa shape index (κ3) is 4.63. The summed E-state index contributed by atoms with van der Waals surface area (Å²) in [7, 11) is 0. The third-order valence-electron chi connectivity index (χ3n) is 8.07. The maximum absolute atomic E-state index is 13.3. The number of carbonyl (C=O) groups excluding carboxylic acids is 2. The number of nitrogens with one attached hydrogen (secondary N) is 2. The van der Waals surface area contributed by atoms with Gasteiger partial charge in [0, 0.05) is 60.4 Å². The van der Waals surface area contributed by atoms with E-state index in [1.807, 2.05) is 58.6 Å². The Balaban J connectivity index is 1.07. The molecule has 2 aliphatic rings. The van der Waals surface area contributed by atoms with Gasteiger partial charge in [-0.2, -0.15) is 0 Å². The molecule has 4 aromatic rings. The molecule has 8 nitrogen and oxygen atoms in total. The second-order valence-corrected chi connectivity index (χ2v) is 10.8. The van der Waals surface area contributed by atoms with E-state index in [2.05, 4.69) is 22.1 Å². The first-order chi connectivity index (χ1) is 18.0. The SMILES string of the molecule is N[C@@H](Cc1c[nH]c2ccccc12)C(=O)N1CC2CC(C1)CN(C(=O)[C@@H](N)Cc1c[nH]c3ccccc13)C2. The monoisotopic (exact) mass is 498 g/mol. The van der Waals surface area contributed by atoms with Gasteiger partial charge in [-0.25, -0.2) is 0 Å². The van der Waals surface area contributed by atoms with Gasteiger partial charge in [-0.15, -0.1) is 0 Å². The number of H-pyrrole nitrogens is 2. The molecule has 2 aliphatic heterocycles.